The average Bonchev–Trinajstić information content (AvgIpc) is 3.24. The average molecular weight is 588 g/mol. The molecule has 9 nitrogen and oxygen atoms in total. The van der Waals surface area contributed by atoms with Crippen LogP contribution in [0.3, 0.4) is 0 Å². The molecule has 1 aromatic heterocycles. The van der Waals surface area contributed by atoms with Gasteiger partial charge in [0.15, 0.2) is 5.66 Å². The summed E-state index contributed by atoms with van der Waals surface area (Å²) in [5, 5.41) is 17.5. The van der Waals surface area contributed by atoms with Gasteiger partial charge in [-0.05, 0) is 48.7 Å². The van der Waals surface area contributed by atoms with E-state index in [1.807, 2.05) is 0 Å². The van der Waals surface area contributed by atoms with Crippen LogP contribution in [-0.4, -0.2) is 57.7 Å². The molecule has 3 heterocycles. The normalized spacial score (nSPS) is 18.8. The van der Waals surface area contributed by atoms with Crippen molar-refractivity contribution >= 4 is 41.0 Å². The van der Waals surface area contributed by atoms with Crippen molar-refractivity contribution in [3.05, 3.63) is 86.9 Å². The van der Waals surface area contributed by atoms with Gasteiger partial charge in [0.05, 0.1) is 17.9 Å². The summed E-state index contributed by atoms with van der Waals surface area (Å²) in [4.78, 5) is 37.3. The van der Waals surface area contributed by atoms with Crippen LogP contribution >= 0.6 is 23.2 Å². The third-order valence-electron chi connectivity index (χ3n) is 7.19. The van der Waals surface area contributed by atoms with Gasteiger partial charge >= 0.3 is 0 Å². The van der Waals surface area contributed by atoms with E-state index in [1.165, 1.54) is 17.2 Å². The maximum atomic E-state index is 15.4. The van der Waals surface area contributed by atoms with Gasteiger partial charge in [0, 0.05) is 47.5 Å². The molecule has 12 heteroatoms. The maximum absolute atomic E-state index is 15.4. The number of nitrogens with one attached hydrogen (secondary N) is 2. The monoisotopic (exact) mass is 587 g/mol. The molecule has 210 valence electrons. The molecule has 0 radical (unpaired) electrons. The molecule has 0 saturated carbocycles. The van der Waals surface area contributed by atoms with Crippen LogP contribution in [0.5, 0.6) is 0 Å². The Hall–Kier alpha value is -3.31. The molecule has 1 unspecified atom stereocenters. The molecule has 2 atom stereocenters. The summed E-state index contributed by atoms with van der Waals surface area (Å²) in [5.41, 5.74) is -1.13. The summed E-state index contributed by atoms with van der Waals surface area (Å²) in [5.74, 6) is -1.70. The van der Waals surface area contributed by atoms with Crippen LogP contribution in [0, 0.1) is 5.82 Å². The number of nitrogens with zero attached hydrogens (tertiary/aromatic N) is 3. The van der Waals surface area contributed by atoms with Crippen LogP contribution in [0.4, 0.5) is 10.3 Å². The quantitative estimate of drug-likeness (QED) is 0.357. The number of rotatable bonds is 8. The highest BCUT2D eigenvalue weighted by Gasteiger charge is 2.53. The second-order valence-corrected chi connectivity index (χ2v) is 10.6. The van der Waals surface area contributed by atoms with Crippen LogP contribution in [-0.2, 0) is 15.2 Å². The Balaban J connectivity index is 1.70. The molecule has 40 heavy (non-hydrogen) atoms. The lowest BCUT2D eigenvalue weighted by Gasteiger charge is -2.44. The van der Waals surface area contributed by atoms with Crippen molar-refractivity contribution in [2.75, 3.05) is 25.1 Å². The second-order valence-electron chi connectivity index (χ2n) is 9.70. The number of aromatic nitrogens is 2. The molecule has 0 bridgehead atoms. The van der Waals surface area contributed by atoms with E-state index in [-0.39, 0.29) is 28.6 Å². The summed E-state index contributed by atoms with van der Waals surface area (Å²) in [6.45, 7) is 2.14. The third-order valence-corrected chi connectivity index (χ3v) is 7.65. The first-order valence-electron chi connectivity index (χ1n) is 12.9. The van der Waals surface area contributed by atoms with Crippen LogP contribution in [0.25, 0.3) is 0 Å². The first-order chi connectivity index (χ1) is 19.3. The molecule has 5 rings (SSSR count). The molecule has 2 aliphatic heterocycles. The minimum Gasteiger partial charge on any atom is -0.392 e. The van der Waals surface area contributed by atoms with Gasteiger partial charge < -0.3 is 20.5 Å². The zero-order valence-electron chi connectivity index (χ0n) is 21.7. The highest BCUT2D eigenvalue weighted by Crippen LogP contribution is 2.46. The van der Waals surface area contributed by atoms with E-state index in [0.717, 1.165) is 18.9 Å². The molecule has 2 aromatic carbocycles. The zero-order valence-corrected chi connectivity index (χ0v) is 23.2. The van der Waals surface area contributed by atoms with Crippen molar-refractivity contribution in [1.82, 2.24) is 20.2 Å². The van der Waals surface area contributed by atoms with Gasteiger partial charge in [0.1, 0.15) is 11.9 Å². The van der Waals surface area contributed by atoms with Crippen molar-refractivity contribution in [1.29, 1.82) is 0 Å². The Bertz CT molecular complexity index is 1440. The van der Waals surface area contributed by atoms with E-state index >= 15 is 4.39 Å². The van der Waals surface area contributed by atoms with Gasteiger partial charge in [-0.15, -0.1) is 0 Å². The van der Waals surface area contributed by atoms with Gasteiger partial charge in [-0.3, -0.25) is 14.5 Å². The van der Waals surface area contributed by atoms with E-state index in [1.54, 1.807) is 37.3 Å². The van der Waals surface area contributed by atoms with E-state index in [4.69, 9.17) is 32.9 Å². The number of halogens is 3. The van der Waals surface area contributed by atoms with Crippen LogP contribution in [0.2, 0.25) is 10.0 Å². The van der Waals surface area contributed by atoms with Gasteiger partial charge in [0.2, 0.25) is 11.9 Å². The number of hydrogen-bond acceptors (Lipinski definition) is 7. The smallest absolute Gasteiger partial charge is 0.260 e. The van der Waals surface area contributed by atoms with Gasteiger partial charge in [-0.1, -0.05) is 42.3 Å². The highest BCUT2D eigenvalue weighted by molar-refractivity contribution is 6.31. The lowest BCUT2D eigenvalue weighted by molar-refractivity contribution is -0.127. The topological polar surface area (TPSA) is 117 Å². The van der Waals surface area contributed by atoms with Crippen molar-refractivity contribution in [2.24, 2.45) is 0 Å². The Kier molecular flexibility index (Phi) is 8.23. The molecule has 3 aromatic rings. The van der Waals surface area contributed by atoms with Crippen LogP contribution in [0.15, 0.2) is 48.7 Å². The SMILES string of the molecule is CCC(=O)N[C@@](CO)(c1cccc(Cl)c1)N1C(=O)c2c(F)cc(Cl)cc2C1c1ccnc(NC2CCOCC2)n1. The zero-order chi connectivity index (χ0) is 28.4. The summed E-state index contributed by atoms with van der Waals surface area (Å²) >= 11 is 12.6. The van der Waals surface area contributed by atoms with Crippen LogP contribution in [0.1, 0.15) is 59.4 Å². The second kappa shape index (κ2) is 11.7. The molecule has 2 aliphatic rings. The van der Waals surface area contributed by atoms with Gasteiger partial charge in [-0.2, -0.15) is 0 Å². The minimum absolute atomic E-state index is 0.0643. The lowest BCUT2D eigenvalue weighted by atomic mass is 9.94. The standard InChI is InChI=1S/C28H28Cl2FN5O4/c1-2-23(38)35-28(15-37,16-4-3-5-17(29)12-16)36-25(20-13-18(30)14-21(31)24(20)26(36)39)22-6-9-32-27(34-22)33-19-7-10-40-11-8-19/h3-6,9,12-14,19,25,37H,2,7-8,10-11,15H2,1H3,(H,35,38)(H,32,33,34)/t25?,28-/m1/s1. The number of aliphatic hydroxyl groups excluding tert-OH is 1. The Morgan fingerprint density at radius 3 is 2.67 bits per heavy atom. The van der Waals surface area contributed by atoms with Crippen molar-refractivity contribution in [3.8, 4) is 0 Å². The molecule has 3 N–H and O–H groups in total. The summed E-state index contributed by atoms with van der Waals surface area (Å²) in [7, 11) is 0. The maximum Gasteiger partial charge on any atom is 0.260 e. The number of benzene rings is 2. The summed E-state index contributed by atoms with van der Waals surface area (Å²) < 4.78 is 20.8. The van der Waals surface area contributed by atoms with E-state index < -0.39 is 35.9 Å². The first kappa shape index (κ1) is 28.2. The summed E-state index contributed by atoms with van der Waals surface area (Å²) in [6.07, 6.45) is 3.15. The molecular formula is C28H28Cl2FN5O4. The number of fused-ring (bicyclic) bond motifs is 1. The Morgan fingerprint density at radius 1 is 1.20 bits per heavy atom. The fourth-order valence-corrected chi connectivity index (χ4v) is 5.66. The fraction of sp³-hybridized carbons (Fsp3) is 0.357. The predicted molar refractivity (Wildman–Crippen MR) is 148 cm³/mol. The molecular weight excluding hydrogens is 560 g/mol. The Labute approximate surface area is 240 Å². The molecule has 0 spiro atoms. The van der Waals surface area contributed by atoms with Crippen LogP contribution < -0.4 is 10.6 Å². The van der Waals surface area contributed by atoms with Crippen molar-refractivity contribution < 1.29 is 23.8 Å². The summed E-state index contributed by atoms with van der Waals surface area (Å²) in [6, 6.07) is 9.66. The number of amides is 2. The molecule has 1 fully saturated rings. The Morgan fingerprint density at radius 2 is 1.98 bits per heavy atom. The van der Waals surface area contributed by atoms with E-state index in [9.17, 15) is 14.7 Å². The predicted octanol–water partition coefficient (Wildman–Crippen LogP) is 4.43. The number of anilines is 1. The number of ether oxygens (including phenoxy) is 1. The highest BCUT2D eigenvalue weighted by atomic mass is 35.5. The van der Waals surface area contributed by atoms with E-state index in [2.05, 4.69) is 15.6 Å². The van der Waals surface area contributed by atoms with E-state index in [0.29, 0.717) is 35.4 Å². The largest absolute Gasteiger partial charge is 0.392 e. The van der Waals surface area contributed by atoms with Gasteiger partial charge in [0.25, 0.3) is 5.91 Å². The number of aliphatic hydroxyl groups is 1. The lowest BCUT2D eigenvalue weighted by Crippen LogP contribution is -2.61. The minimum atomic E-state index is -1.82. The number of carbonyl (C=O) groups excluding carboxylic acids is 2. The molecule has 1 saturated heterocycles. The van der Waals surface area contributed by atoms with Gasteiger partial charge in [-0.25, -0.2) is 14.4 Å². The third kappa shape index (κ3) is 5.24. The van der Waals surface area contributed by atoms with Crippen molar-refractivity contribution in [3.63, 3.8) is 0 Å². The number of hydrogen-bond donors (Lipinski definition) is 3. The molecule has 2 amide bonds. The first-order valence-corrected chi connectivity index (χ1v) is 13.7. The van der Waals surface area contributed by atoms with Crippen molar-refractivity contribution in [2.45, 2.75) is 43.9 Å². The fourth-order valence-electron chi connectivity index (χ4n) is 5.26. The molecule has 0 aliphatic carbocycles. The number of carbonyl (C=O) groups is 2.